The summed E-state index contributed by atoms with van der Waals surface area (Å²) >= 11 is 0. The van der Waals surface area contributed by atoms with E-state index >= 15 is 0 Å². The van der Waals surface area contributed by atoms with Crippen molar-refractivity contribution in [3.8, 4) is 0 Å². The molecular formula is C15H12F3N3O3. The van der Waals surface area contributed by atoms with Crippen LogP contribution >= 0.6 is 0 Å². The molecule has 0 spiro atoms. The lowest BCUT2D eigenvalue weighted by Crippen LogP contribution is -2.17. The molecule has 126 valence electrons. The van der Waals surface area contributed by atoms with Crippen molar-refractivity contribution in [1.82, 2.24) is 9.97 Å². The van der Waals surface area contributed by atoms with Crippen LogP contribution in [0.15, 0.2) is 30.5 Å². The standard InChI is InChI=1S/C15H12F3N3O3/c1-8-10(3-4-11(20-8)14(23)24-2)21-13(22)12-7-9(5-6-19-12)15(16,17)18/h3-7H,1-2H3,(H,21,22). The number of alkyl halides is 3. The van der Waals surface area contributed by atoms with Gasteiger partial charge in [0.15, 0.2) is 0 Å². The Balaban J connectivity index is 2.23. The van der Waals surface area contributed by atoms with E-state index in [0.717, 1.165) is 12.3 Å². The Morgan fingerprint density at radius 3 is 2.46 bits per heavy atom. The summed E-state index contributed by atoms with van der Waals surface area (Å²) in [4.78, 5) is 31.0. The van der Waals surface area contributed by atoms with Crippen molar-refractivity contribution >= 4 is 17.6 Å². The molecule has 1 N–H and O–H groups in total. The molecular weight excluding hydrogens is 327 g/mol. The zero-order chi connectivity index (χ0) is 17.9. The van der Waals surface area contributed by atoms with E-state index in [1.807, 2.05) is 0 Å². The van der Waals surface area contributed by atoms with E-state index in [2.05, 4.69) is 20.0 Å². The van der Waals surface area contributed by atoms with Gasteiger partial charge in [-0.15, -0.1) is 0 Å². The molecule has 2 heterocycles. The van der Waals surface area contributed by atoms with Crippen molar-refractivity contribution in [2.75, 3.05) is 12.4 Å². The summed E-state index contributed by atoms with van der Waals surface area (Å²) in [5, 5.41) is 2.41. The minimum absolute atomic E-state index is 0.0465. The molecule has 6 nitrogen and oxygen atoms in total. The number of nitrogens with zero attached hydrogens (tertiary/aromatic N) is 2. The third kappa shape index (κ3) is 3.86. The van der Waals surface area contributed by atoms with Gasteiger partial charge < -0.3 is 10.1 Å². The molecule has 0 fully saturated rings. The first-order valence-electron chi connectivity index (χ1n) is 6.63. The van der Waals surface area contributed by atoms with Gasteiger partial charge in [-0.3, -0.25) is 9.78 Å². The number of anilines is 1. The van der Waals surface area contributed by atoms with E-state index in [0.29, 0.717) is 11.8 Å². The maximum absolute atomic E-state index is 12.7. The first-order valence-corrected chi connectivity index (χ1v) is 6.63. The molecule has 0 saturated heterocycles. The minimum atomic E-state index is -4.57. The number of carbonyl (C=O) groups is 2. The highest BCUT2D eigenvalue weighted by atomic mass is 19.4. The van der Waals surface area contributed by atoms with Crippen molar-refractivity contribution in [2.24, 2.45) is 0 Å². The van der Waals surface area contributed by atoms with Crippen molar-refractivity contribution in [1.29, 1.82) is 0 Å². The largest absolute Gasteiger partial charge is 0.464 e. The highest BCUT2D eigenvalue weighted by Crippen LogP contribution is 2.29. The Kier molecular flexibility index (Phi) is 4.82. The van der Waals surface area contributed by atoms with Gasteiger partial charge in [-0.2, -0.15) is 13.2 Å². The van der Waals surface area contributed by atoms with Crippen LogP contribution < -0.4 is 5.32 Å². The fraction of sp³-hybridized carbons (Fsp3) is 0.200. The highest BCUT2D eigenvalue weighted by molar-refractivity contribution is 6.03. The molecule has 24 heavy (non-hydrogen) atoms. The Morgan fingerprint density at radius 2 is 1.88 bits per heavy atom. The second kappa shape index (κ2) is 6.65. The lowest BCUT2D eigenvalue weighted by atomic mass is 10.2. The minimum Gasteiger partial charge on any atom is -0.464 e. The average Bonchev–Trinajstić information content (AvgIpc) is 2.55. The van der Waals surface area contributed by atoms with Gasteiger partial charge in [0.2, 0.25) is 0 Å². The number of pyridine rings is 2. The fourth-order valence-corrected chi connectivity index (χ4v) is 1.83. The zero-order valence-corrected chi connectivity index (χ0v) is 12.6. The van der Waals surface area contributed by atoms with Crippen LogP contribution in [-0.4, -0.2) is 29.0 Å². The van der Waals surface area contributed by atoms with Gasteiger partial charge in [0.25, 0.3) is 5.91 Å². The monoisotopic (exact) mass is 339 g/mol. The second-order valence-corrected chi connectivity index (χ2v) is 4.70. The van der Waals surface area contributed by atoms with Crippen LogP contribution in [0.4, 0.5) is 18.9 Å². The second-order valence-electron chi connectivity index (χ2n) is 4.70. The molecule has 0 aliphatic heterocycles. The van der Waals surface area contributed by atoms with Crippen molar-refractivity contribution in [3.63, 3.8) is 0 Å². The maximum atomic E-state index is 12.7. The summed E-state index contributed by atoms with van der Waals surface area (Å²) in [6.07, 6.45) is -3.67. The number of nitrogens with one attached hydrogen (secondary N) is 1. The van der Waals surface area contributed by atoms with Gasteiger partial charge in [0.1, 0.15) is 11.4 Å². The Bertz CT molecular complexity index is 791. The van der Waals surface area contributed by atoms with Gasteiger partial charge in [-0.05, 0) is 31.2 Å². The van der Waals surface area contributed by atoms with Gasteiger partial charge in [0, 0.05) is 6.20 Å². The summed E-state index contributed by atoms with van der Waals surface area (Å²) in [5.41, 5.74) is -0.768. The van der Waals surface area contributed by atoms with E-state index < -0.39 is 23.6 Å². The molecule has 0 unspecified atom stereocenters. The topological polar surface area (TPSA) is 81.2 Å². The van der Waals surface area contributed by atoms with Crippen LogP contribution in [0.5, 0.6) is 0 Å². The van der Waals surface area contributed by atoms with Crippen LogP contribution in [0, 0.1) is 6.92 Å². The summed E-state index contributed by atoms with van der Waals surface area (Å²) in [5.74, 6) is -1.47. The number of aryl methyl sites for hydroxylation is 1. The van der Waals surface area contributed by atoms with Crippen molar-refractivity contribution in [3.05, 3.63) is 53.1 Å². The smallest absolute Gasteiger partial charge is 0.416 e. The SMILES string of the molecule is COC(=O)c1ccc(NC(=O)c2cc(C(F)(F)F)ccn2)c(C)n1. The fourth-order valence-electron chi connectivity index (χ4n) is 1.83. The lowest BCUT2D eigenvalue weighted by Gasteiger charge is -2.10. The number of ether oxygens (including phenoxy) is 1. The third-order valence-electron chi connectivity index (χ3n) is 3.05. The number of rotatable bonds is 3. The first kappa shape index (κ1) is 17.4. The van der Waals surface area contributed by atoms with Crippen molar-refractivity contribution in [2.45, 2.75) is 13.1 Å². The highest BCUT2D eigenvalue weighted by Gasteiger charge is 2.31. The van der Waals surface area contributed by atoms with Gasteiger partial charge in [-0.25, -0.2) is 9.78 Å². The molecule has 0 aliphatic carbocycles. The predicted octanol–water partition coefficient (Wildman–Crippen LogP) is 2.84. The molecule has 1 amide bonds. The van der Waals surface area contributed by atoms with Crippen molar-refractivity contribution < 1.29 is 27.5 Å². The van der Waals surface area contributed by atoms with Crippen LogP contribution in [0.1, 0.15) is 32.2 Å². The van der Waals surface area contributed by atoms with E-state index in [-0.39, 0.29) is 17.1 Å². The number of esters is 1. The number of hydrogen-bond donors (Lipinski definition) is 1. The molecule has 9 heteroatoms. The quantitative estimate of drug-likeness (QED) is 0.870. The summed E-state index contributed by atoms with van der Waals surface area (Å²) in [7, 11) is 1.20. The molecule has 0 saturated carbocycles. The molecule has 0 aliphatic rings. The summed E-state index contributed by atoms with van der Waals surface area (Å²) < 4.78 is 42.5. The number of carbonyl (C=O) groups excluding carboxylic acids is 2. The van der Waals surface area contributed by atoms with E-state index in [1.165, 1.54) is 26.2 Å². The lowest BCUT2D eigenvalue weighted by molar-refractivity contribution is -0.137. The van der Waals surface area contributed by atoms with Gasteiger partial charge in [0.05, 0.1) is 24.1 Å². The van der Waals surface area contributed by atoms with Gasteiger partial charge in [-0.1, -0.05) is 0 Å². The third-order valence-corrected chi connectivity index (χ3v) is 3.05. The number of methoxy groups -OCH3 is 1. The van der Waals surface area contributed by atoms with E-state index in [1.54, 1.807) is 0 Å². The number of aromatic nitrogens is 2. The summed E-state index contributed by atoms with van der Waals surface area (Å²) in [6.45, 7) is 1.53. The number of halogens is 3. The predicted molar refractivity (Wildman–Crippen MR) is 77.5 cm³/mol. The molecule has 2 rings (SSSR count). The molecule has 2 aromatic heterocycles. The zero-order valence-electron chi connectivity index (χ0n) is 12.6. The molecule has 0 aromatic carbocycles. The summed E-state index contributed by atoms with van der Waals surface area (Å²) in [6, 6.07) is 4.16. The first-order chi connectivity index (χ1) is 11.2. The van der Waals surface area contributed by atoms with E-state index in [9.17, 15) is 22.8 Å². The van der Waals surface area contributed by atoms with Gasteiger partial charge >= 0.3 is 12.1 Å². The average molecular weight is 339 g/mol. The van der Waals surface area contributed by atoms with Crippen LogP contribution in [0.2, 0.25) is 0 Å². The van der Waals surface area contributed by atoms with Crippen LogP contribution in [0.3, 0.4) is 0 Å². The molecule has 0 radical (unpaired) electrons. The molecule has 0 bridgehead atoms. The maximum Gasteiger partial charge on any atom is 0.416 e. The molecule has 2 aromatic rings. The van der Waals surface area contributed by atoms with Crippen LogP contribution in [-0.2, 0) is 10.9 Å². The normalized spacial score (nSPS) is 11.0. The Morgan fingerprint density at radius 1 is 1.17 bits per heavy atom. The Hall–Kier alpha value is -2.97. The number of hydrogen-bond acceptors (Lipinski definition) is 5. The van der Waals surface area contributed by atoms with E-state index in [4.69, 9.17) is 0 Å². The van der Waals surface area contributed by atoms with Crippen LogP contribution in [0.25, 0.3) is 0 Å². The Labute approximate surface area is 134 Å². The molecule has 0 atom stereocenters. The number of amides is 1.